The van der Waals surface area contributed by atoms with E-state index >= 15 is 0 Å². The molecule has 2 aromatic rings. The van der Waals surface area contributed by atoms with Crippen molar-refractivity contribution in [2.75, 3.05) is 7.11 Å². The minimum absolute atomic E-state index is 0.600. The van der Waals surface area contributed by atoms with Crippen LogP contribution < -0.4 is 4.74 Å². The molecular weight excluding hydrogens is 198 g/mol. The van der Waals surface area contributed by atoms with Gasteiger partial charge in [0.15, 0.2) is 5.58 Å². The third-order valence-electron chi connectivity index (χ3n) is 1.76. The van der Waals surface area contributed by atoms with E-state index in [9.17, 15) is 0 Å². The maximum atomic E-state index is 5.43. The third-order valence-corrected chi connectivity index (χ3v) is 2.30. The Labute approximate surface area is 85.8 Å². The van der Waals surface area contributed by atoms with Gasteiger partial charge < -0.3 is 9.15 Å². The molecule has 0 aliphatic heterocycles. The van der Waals surface area contributed by atoms with Gasteiger partial charge in [-0.2, -0.15) is 0 Å². The fourth-order valence-electron chi connectivity index (χ4n) is 1.13. The molecule has 1 aromatic heterocycles. The van der Waals surface area contributed by atoms with E-state index in [-0.39, 0.29) is 0 Å². The largest absolute Gasteiger partial charge is 0.497 e. The number of fused-ring (bicyclic) bond motifs is 1. The second-order valence-electron chi connectivity index (χ2n) is 2.60. The van der Waals surface area contributed by atoms with E-state index in [4.69, 9.17) is 9.15 Å². The molecule has 0 atom stereocenters. The number of hydrogen-bond donors (Lipinski definition) is 0. The van der Waals surface area contributed by atoms with Crippen LogP contribution in [-0.4, -0.2) is 12.1 Å². The standard InChI is InChI=1S/C10H9NO2S/c1-3-14-10-11-8-6-7(12-2)4-5-9(8)13-10/h3-6H,1H2,2H3. The molecule has 0 spiro atoms. The molecule has 0 fully saturated rings. The van der Waals surface area contributed by atoms with Gasteiger partial charge in [0.05, 0.1) is 7.11 Å². The number of oxazole rings is 1. The average Bonchev–Trinajstić information content (AvgIpc) is 2.59. The summed E-state index contributed by atoms with van der Waals surface area (Å²) in [6.45, 7) is 3.60. The van der Waals surface area contributed by atoms with Gasteiger partial charge in [0.1, 0.15) is 11.3 Å². The minimum Gasteiger partial charge on any atom is -0.497 e. The number of methoxy groups -OCH3 is 1. The zero-order valence-corrected chi connectivity index (χ0v) is 8.50. The number of thioether (sulfide) groups is 1. The first-order valence-electron chi connectivity index (χ1n) is 4.05. The lowest BCUT2D eigenvalue weighted by molar-refractivity contribution is 0.415. The molecule has 0 saturated carbocycles. The summed E-state index contributed by atoms with van der Waals surface area (Å²) in [4.78, 5) is 4.26. The molecule has 2 rings (SSSR count). The van der Waals surface area contributed by atoms with Crippen LogP contribution in [0.4, 0.5) is 0 Å². The molecule has 0 aliphatic rings. The highest BCUT2D eigenvalue weighted by Gasteiger charge is 2.05. The molecule has 3 nitrogen and oxygen atoms in total. The zero-order valence-electron chi connectivity index (χ0n) is 7.69. The van der Waals surface area contributed by atoms with Crippen molar-refractivity contribution in [2.24, 2.45) is 0 Å². The number of hydrogen-bond acceptors (Lipinski definition) is 4. The van der Waals surface area contributed by atoms with Crippen LogP contribution in [0.15, 0.2) is 39.8 Å². The van der Waals surface area contributed by atoms with Gasteiger partial charge in [0.25, 0.3) is 5.22 Å². The van der Waals surface area contributed by atoms with E-state index in [0.29, 0.717) is 5.22 Å². The fourth-order valence-corrected chi connectivity index (χ4v) is 1.57. The second-order valence-corrected chi connectivity index (χ2v) is 3.52. The molecule has 0 aliphatic carbocycles. The van der Waals surface area contributed by atoms with Crippen molar-refractivity contribution in [1.82, 2.24) is 4.98 Å². The zero-order chi connectivity index (χ0) is 9.97. The topological polar surface area (TPSA) is 35.3 Å². The Kier molecular flexibility index (Phi) is 2.45. The maximum absolute atomic E-state index is 5.43. The average molecular weight is 207 g/mol. The highest BCUT2D eigenvalue weighted by molar-refractivity contribution is 8.01. The Morgan fingerprint density at radius 2 is 2.43 bits per heavy atom. The molecule has 0 radical (unpaired) electrons. The number of aromatic nitrogens is 1. The van der Waals surface area contributed by atoms with E-state index in [1.165, 1.54) is 11.8 Å². The SMILES string of the molecule is C=CSc1nc2cc(OC)ccc2o1. The molecule has 0 saturated heterocycles. The Morgan fingerprint density at radius 3 is 3.14 bits per heavy atom. The molecular formula is C10H9NO2S. The molecule has 0 bridgehead atoms. The van der Waals surface area contributed by atoms with E-state index in [2.05, 4.69) is 11.6 Å². The Hall–Kier alpha value is -1.42. The van der Waals surface area contributed by atoms with Gasteiger partial charge in [0, 0.05) is 6.07 Å². The quantitative estimate of drug-likeness (QED) is 0.724. The predicted molar refractivity (Wildman–Crippen MR) is 56.6 cm³/mol. The molecule has 0 N–H and O–H groups in total. The lowest BCUT2D eigenvalue weighted by Crippen LogP contribution is -1.80. The first kappa shape index (κ1) is 9.15. The van der Waals surface area contributed by atoms with Gasteiger partial charge in [-0.05, 0) is 29.3 Å². The molecule has 0 unspecified atom stereocenters. The van der Waals surface area contributed by atoms with Crippen LogP contribution in [-0.2, 0) is 0 Å². The summed E-state index contributed by atoms with van der Waals surface area (Å²) in [5.74, 6) is 0.779. The van der Waals surface area contributed by atoms with Crippen molar-refractivity contribution in [3.05, 3.63) is 30.2 Å². The van der Waals surface area contributed by atoms with Crippen molar-refractivity contribution < 1.29 is 9.15 Å². The van der Waals surface area contributed by atoms with Gasteiger partial charge in [-0.15, -0.1) is 0 Å². The fraction of sp³-hybridized carbons (Fsp3) is 0.100. The Balaban J connectivity index is 2.48. The lowest BCUT2D eigenvalue weighted by atomic mass is 10.3. The van der Waals surface area contributed by atoms with Gasteiger partial charge in [-0.25, -0.2) is 4.98 Å². The van der Waals surface area contributed by atoms with Crippen LogP contribution in [0.2, 0.25) is 0 Å². The van der Waals surface area contributed by atoms with Gasteiger partial charge in [-0.3, -0.25) is 0 Å². The van der Waals surface area contributed by atoms with E-state index < -0.39 is 0 Å². The number of rotatable bonds is 3. The molecule has 1 heterocycles. The summed E-state index contributed by atoms with van der Waals surface area (Å²) in [7, 11) is 1.63. The number of benzene rings is 1. The van der Waals surface area contributed by atoms with Crippen LogP contribution in [0.1, 0.15) is 0 Å². The van der Waals surface area contributed by atoms with Gasteiger partial charge in [-0.1, -0.05) is 6.58 Å². The monoisotopic (exact) mass is 207 g/mol. The summed E-state index contributed by atoms with van der Waals surface area (Å²) in [5, 5.41) is 2.28. The summed E-state index contributed by atoms with van der Waals surface area (Å²) in [6.07, 6.45) is 0. The third kappa shape index (κ3) is 1.61. The van der Waals surface area contributed by atoms with Gasteiger partial charge in [0.2, 0.25) is 0 Å². The van der Waals surface area contributed by atoms with Crippen molar-refractivity contribution in [3.63, 3.8) is 0 Å². The van der Waals surface area contributed by atoms with Crippen LogP contribution in [0, 0.1) is 0 Å². The minimum atomic E-state index is 0.600. The van der Waals surface area contributed by atoms with Crippen LogP contribution in [0.5, 0.6) is 5.75 Å². The predicted octanol–water partition coefficient (Wildman–Crippen LogP) is 3.07. The Bertz CT molecular complexity index is 464. The van der Waals surface area contributed by atoms with Crippen molar-refractivity contribution in [3.8, 4) is 5.75 Å². The van der Waals surface area contributed by atoms with Crippen molar-refractivity contribution in [2.45, 2.75) is 5.22 Å². The summed E-state index contributed by atoms with van der Waals surface area (Å²) in [6, 6.07) is 5.52. The van der Waals surface area contributed by atoms with Crippen molar-refractivity contribution in [1.29, 1.82) is 0 Å². The van der Waals surface area contributed by atoms with Gasteiger partial charge >= 0.3 is 0 Å². The maximum Gasteiger partial charge on any atom is 0.261 e. The van der Waals surface area contributed by atoms with E-state index in [1.54, 1.807) is 12.5 Å². The summed E-state index contributed by atoms with van der Waals surface area (Å²) >= 11 is 1.36. The first-order chi connectivity index (χ1) is 6.83. The van der Waals surface area contributed by atoms with Crippen LogP contribution in [0.25, 0.3) is 11.1 Å². The number of ether oxygens (including phenoxy) is 1. The van der Waals surface area contributed by atoms with Crippen LogP contribution in [0.3, 0.4) is 0 Å². The van der Waals surface area contributed by atoms with E-state index in [0.717, 1.165) is 16.8 Å². The summed E-state index contributed by atoms with van der Waals surface area (Å²) in [5.41, 5.74) is 1.56. The second kappa shape index (κ2) is 3.75. The normalized spacial score (nSPS) is 10.4. The van der Waals surface area contributed by atoms with Crippen LogP contribution >= 0.6 is 11.8 Å². The number of nitrogens with zero attached hydrogens (tertiary/aromatic N) is 1. The molecule has 14 heavy (non-hydrogen) atoms. The molecule has 0 amide bonds. The molecule has 4 heteroatoms. The highest BCUT2D eigenvalue weighted by atomic mass is 32.2. The highest BCUT2D eigenvalue weighted by Crippen LogP contribution is 2.26. The molecule has 1 aromatic carbocycles. The molecule has 72 valence electrons. The van der Waals surface area contributed by atoms with E-state index in [1.807, 2.05) is 18.2 Å². The smallest absolute Gasteiger partial charge is 0.261 e. The Morgan fingerprint density at radius 1 is 1.57 bits per heavy atom. The summed E-state index contributed by atoms with van der Waals surface area (Å²) < 4.78 is 10.5. The van der Waals surface area contributed by atoms with Crippen molar-refractivity contribution >= 4 is 22.9 Å². The lowest BCUT2D eigenvalue weighted by Gasteiger charge is -1.95. The first-order valence-corrected chi connectivity index (χ1v) is 4.93.